The molecular formula is C12H16FNO. The lowest BCUT2D eigenvalue weighted by molar-refractivity contribution is -0.00644. The molecule has 1 aliphatic heterocycles. The average Bonchev–Trinajstić information content (AvgIpc) is 2.30. The zero-order valence-electron chi connectivity index (χ0n) is 8.87. The summed E-state index contributed by atoms with van der Waals surface area (Å²) in [6, 6.07) is 6.91. The van der Waals surface area contributed by atoms with Gasteiger partial charge >= 0.3 is 0 Å². The quantitative estimate of drug-likeness (QED) is 0.806. The third-order valence-corrected chi connectivity index (χ3v) is 2.81. The number of morpholine rings is 1. The fraction of sp³-hybridized carbons (Fsp3) is 0.500. The van der Waals surface area contributed by atoms with Crippen LogP contribution in [0.3, 0.4) is 0 Å². The Kier molecular flexibility index (Phi) is 3.34. The van der Waals surface area contributed by atoms with Crippen molar-refractivity contribution in [3.05, 3.63) is 35.6 Å². The lowest BCUT2D eigenvalue weighted by Gasteiger charge is -2.32. The maximum absolute atomic E-state index is 12.8. The van der Waals surface area contributed by atoms with Crippen LogP contribution < -0.4 is 5.32 Å². The van der Waals surface area contributed by atoms with E-state index in [1.165, 1.54) is 12.1 Å². The number of halogens is 1. The first kappa shape index (κ1) is 10.6. The minimum atomic E-state index is -0.199. The van der Waals surface area contributed by atoms with Gasteiger partial charge in [-0.1, -0.05) is 19.1 Å². The second kappa shape index (κ2) is 4.73. The van der Waals surface area contributed by atoms with Crippen LogP contribution in [-0.2, 0) is 4.74 Å². The molecule has 2 atom stereocenters. The SMILES string of the molecule is CCC1NCCOC1c1ccc(F)cc1. The Morgan fingerprint density at radius 1 is 1.40 bits per heavy atom. The molecule has 0 spiro atoms. The predicted molar refractivity (Wildman–Crippen MR) is 57.2 cm³/mol. The number of rotatable bonds is 2. The number of hydrogen-bond acceptors (Lipinski definition) is 2. The van der Waals surface area contributed by atoms with Gasteiger partial charge in [-0.05, 0) is 24.1 Å². The molecule has 1 saturated heterocycles. The summed E-state index contributed by atoms with van der Waals surface area (Å²) in [6.45, 7) is 3.75. The predicted octanol–water partition coefficient (Wildman–Crippen LogP) is 2.27. The van der Waals surface area contributed by atoms with Gasteiger partial charge in [-0.2, -0.15) is 0 Å². The molecule has 82 valence electrons. The van der Waals surface area contributed by atoms with E-state index < -0.39 is 0 Å². The molecule has 0 aromatic heterocycles. The third kappa shape index (κ3) is 2.36. The highest BCUT2D eigenvalue weighted by molar-refractivity contribution is 5.20. The van der Waals surface area contributed by atoms with Crippen LogP contribution in [0.5, 0.6) is 0 Å². The van der Waals surface area contributed by atoms with Crippen LogP contribution >= 0.6 is 0 Å². The van der Waals surface area contributed by atoms with Gasteiger partial charge in [-0.3, -0.25) is 0 Å². The van der Waals surface area contributed by atoms with Gasteiger partial charge < -0.3 is 10.1 Å². The molecule has 15 heavy (non-hydrogen) atoms. The van der Waals surface area contributed by atoms with Crippen molar-refractivity contribution in [2.75, 3.05) is 13.2 Å². The normalized spacial score (nSPS) is 26.5. The molecule has 0 saturated carbocycles. The maximum Gasteiger partial charge on any atom is 0.123 e. The molecular weight excluding hydrogens is 193 g/mol. The Morgan fingerprint density at radius 3 is 2.80 bits per heavy atom. The zero-order valence-corrected chi connectivity index (χ0v) is 8.87. The van der Waals surface area contributed by atoms with Gasteiger partial charge in [0, 0.05) is 12.6 Å². The number of benzene rings is 1. The molecule has 0 aliphatic carbocycles. The van der Waals surface area contributed by atoms with E-state index in [4.69, 9.17) is 4.74 Å². The molecule has 0 amide bonds. The van der Waals surface area contributed by atoms with Crippen LogP contribution in [-0.4, -0.2) is 19.2 Å². The van der Waals surface area contributed by atoms with Crippen LogP contribution in [0, 0.1) is 5.82 Å². The molecule has 1 aromatic carbocycles. The summed E-state index contributed by atoms with van der Waals surface area (Å²) in [5, 5.41) is 3.41. The summed E-state index contributed by atoms with van der Waals surface area (Å²) in [7, 11) is 0. The summed E-state index contributed by atoms with van der Waals surface area (Å²) < 4.78 is 18.5. The zero-order chi connectivity index (χ0) is 10.7. The van der Waals surface area contributed by atoms with E-state index in [-0.39, 0.29) is 11.9 Å². The van der Waals surface area contributed by atoms with E-state index in [0.717, 1.165) is 25.1 Å². The van der Waals surface area contributed by atoms with Crippen molar-refractivity contribution in [3.63, 3.8) is 0 Å². The monoisotopic (exact) mass is 209 g/mol. The molecule has 1 heterocycles. The lowest BCUT2D eigenvalue weighted by Crippen LogP contribution is -2.43. The Balaban J connectivity index is 2.16. The van der Waals surface area contributed by atoms with Crippen molar-refractivity contribution >= 4 is 0 Å². The number of ether oxygens (including phenoxy) is 1. The summed E-state index contributed by atoms with van der Waals surface area (Å²) in [6.07, 6.45) is 1.08. The van der Waals surface area contributed by atoms with Gasteiger partial charge in [0.15, 0.2) is 0 Å². The largest absolute Gasteiger partial charge is 0.371 e. The summed E-state index contributed by atoms with van der Waals surface area (Å²) in [4.78, 5) is 0. The van der Waals surface area contributed by atoms with Crippen LogP contribution in [0.15, 0.2) is 24.3 Å². The summed E-state index contributed by atoms with van der Waals surface area (Å²) in [5.74, 6) is -0.199. The third-order valence-electron chi connectivity index (χ3n) is 2.81. The highest BCUT2D eigenvalue weighted by Gasteiger charge is 2.25. The van der Waals surface area contributed by atoms with Crippen molar-refractivity contribution < 1.29 is 9.13 Å². The fourth-order valence-electron chi connectivity index (χ4n) is 1.99. The van der Waals surface area contributed by atoms with Gasteiger partial charge in [0.2, 0.25) is 0 Å². The van der Waals surface area contributed by atoms with Gasteiger partial charge in [0.05, 0.1) is 12.7 Å². The maximum atomic E-state index is 12.8. The van der Waals surface area contributed by atoms with Gasteiger partial charge in [-0.25, -0.2) is 4.39 Å². The molecule has 1 aromatic rings. The molecule has 0 radical (unpaired) electrons. The molecule has 3 heteroatoms. The van der Waals surface area contributed by atoms with E-state index in [0.29, 0.717) is 6.04 Å². The second-order valence-corrected chi connectivity index (χ2v) is 3.81. The first-order valence-electron chi connectivity index (χ1n) is 5.41. The van der Waals surface area contributed by atoms with Crippen molar-refractivity contribution in [3.8, 4) is 0 Å². The van der Waals surface area contributed by atoms with Crippen molar-refractivity contribution in [2.45, 2.75) is 25.5 Å². The minimum absolute atomic E-state index is 0.0596. The average molecular weight is 209 g/mol. The van der Waals surface area contributed by atoms with Crippen molar-refractivity contribution in [2.24, 2.45) is 0 Å². The second-order valence-electron chi connectivity index (χ2n) is 3.81. The molecule has 2 unspecified atom stereocenters. The van der Waals surface area contributed by atoms with Crippen LogP contribution in [0.1, 0.15) is 25.0 Å². The number of nitrogens with one attached hydrogen (secondary N) is 1. The molecule has 0 bridgehead atoms. The summed E-state index contributed by atoms with van der Waals surface area (Å²) in [5.41, 5.74) is 1.05. The number of hydrogen-bond donors (Lipinski definition) is 1. The molecule has 2 nitrogen and oxygen atoms in total. The van der Waals surface area contributed by atoms with Crippen molar-refractivity contribution in [1.82, 2.24) is 5.32 Å². The summed E-state index contributed by atoms with van der Waals surface area (Å²) >= 11 is 0. The van der Waals surface area contributed by atoms with Gasteiger partial charge in [0.1, 0.15) is 5.82 Å². The molecule has 1 fully saturated rings. The van der Waals surface area contributed by atoms with E-state index in [9.17, 15) is 4.39 Å². The fourth-order valence-corrected chi connectivity index (χ4v) is 1.99. The Labute approximate surface area is 89.4 Å². The van der Waals surface area contributed by atoms with E-state index in [1.807, 2.05) is 0 Å². The van der Waals surface area contributed by atoms with Crippen molar-refractivity contribution in [1.29, 1.82) is 0 Å². The van der Waals surface area contributed by atoms with Gasteiger partial charge in [-0.15, -0.1) is 0 Å². The molecule has 1 aliphatic rings. The molecule has 2 rings (SSSR count). The van der Waals surface area contributed by atoms with Crippen LogP contribution in [0.25, 0.3) is 0 Å². The Morgan fingerprint density at radius 2 is 2.13 bits per heavy atom. The first-order valence-corrected chi connectivity index (χ1v) is 5.41. The lowest BCUT2D eigenvalue weighted by atomic mass is 9.99. The molecule has 1 N–H and O–H groups in total. The van der Waals surface area contributed by atoms with Gasteiger partial charge in [0.25, 0.3) is 0 Å². The van der Waals surface area contributed by atoms with Crippen LogP contribution in [0.2, 0.25) is 0 Å². The van der Waals surface area contributed by atoms with E-state index >= 15 is 0 Å². The highest BCUT2D eigenvalue weighted by Crippen LogP contribution is 2.25. The topological polar surface area (TPSA) is 21.3 Å². The highest BCUT2D eigenvalue weighted by atomic mass is 19.1. The Bertz CT molecular complexity index is 312. The van der Waals surface area contributed by atoms with E-state index in [1.54, 1.807) is 12.1 Å². The van der Waals surface area contributed by atoms with Crippen LogP contribution in [0.4, 0.5) is 4.39 Å². The smallest absolute Gasteiger partial charge is 0.123 e. The standard InChI is InChI=1S/C12H16FNO/c1-2-11-12(15-8-7-14-11)9-3-5-10(13)6-4-9/h3-6,11-12,14H,2,7-8H2,1H3. The first-order chi connectivity index (χ1) is 7.31. The minimum Gasteiger partial charge on any atom is -0.371 e. The van der Waals surface area contributed by atoms with E-state index in [2.05, 4.69) is 12.2 Å². The Hall–Kier alpha value is -0.930.